The van der Waals surface area contributed by atoms with Crippen molar-refractivity contribution in [3.8, 4) is 12.3 Å². The highest BCUT2D eigenvalue weighted by Crippen LogP contribution is 2.25. The van der Waals surface area contributed by atoms with Crippen molar-refractivity contribution in [1.29, 1.82) is 0 Å². The molecule has 0 aromatic carbocycles. The van der Waals surface area contributed by atoms with Crippen LogP contribution >= 0.6 is 0 Å². The zero-order valence-corrected chi connectivity index (χ0v) is 10.5. The van der Waals surface area contributed by atoms with E-state index in [1.54, 1.807) is 14.0 Å². The lowest BCUT2D eigenvalue weighted by molar-refractivity contribution is -0.0144. The number of methoxy groups -OCH3 is 1. The van der Waals surface area contributed by atoms with Gasteiger partial charge in [0.1, 0.15) is 5.60 Å². The van der Waals surface area contributed by atoms with Crippen LogP contribution in [0.15, 0.2) is 0 Å². The minimum atomic E-state index is -0.971. The molecule has 0 unspecified atom stereocenters. The first-order valence-electron chi connectivity index (χ1n) is 5.64. The van der Waals surface area contributed by atoms with Gasteiger partial charge in [-0.1, -0.05) is 19.3 Å². The lowest BCUT2D eigenvalue weighted by Gasteiger charge is -2.28. The highest BCUT2D eigenvalue weighted by Gasteiger charge is 2.24. The Kier molecular flexibility index (Phi) is 5.93. The predicted octanol–water partition coefficient (Wildman–Crippen LogP) is 2.75. The number of hydrogen-bond donors (Lipinski definition) is 1. The van der Waals surface area contributed by atoms with E-state index in [0.29, 0.717) is 6.42 Å². The van der Waals surface area contributed by atoms with Crippen LogP contribution in [0.5, 0.6) is 0 Å². The molecule has 0 aliphatic carbocycles. The molecule has 0 aromatic rings. The van der Waals surface area contributed by atoms with Crippen LogP contribution in [0.25, 0.3) is 0 Å². The summed E-state index contributed by atoms with van der Waals surface area (Å²) in [4.78, 5) is 0. The molecular weight excluding hydrogens is 188 g/mol. The molecule has 0 rings (SSSR count). The first-order chi connectivity index (χ1) is 6.89. The normalized spacial score (nSPS) is 18.9. The van der Waals surface area contributed by atoms with Crippen molar-refractivity contribution in [2.24, 2.45) is 0 Å². The number of hydrogen-bond acceptors (Lipinski definition) is 2. The molecule has 0 bridgehead atoms. The summed E-state index contributed by atoms with van der Waals surface area (Å²) in [5.74, 6) is 2.39. The maximum atomic E-state index is 9.65. The number of ether oxygens (including phenoxy) is 1. The van der Waals surface area contributed by atoms with Crippen molar-refractivity contribution in [3.05, 3.63) is 0 Å². The maximum Gasteiger partial charge on any atom is 0.122 e. The van der Waals surface area contributed by atoms with Crippen LogP contribution in [-0.4, -0.2) is 23.4 Å². The number of rotatable bonds is 7. The molecule has 2 nitrogen and oxygen atoms in total. The molecule has 0 aliphatic rings. The SMILES string of the molecule is C#C[C@@](C)(O)CCC[C@](C)(CCC)OC. The van der Waals surface area contributed by atoms with Crippen LogP contribution in [0, 0.1) is 12.3 Å². The molecule has 1 N–H and O–H groups in total. The van der Waals surface area contributed by atoms with Crippen molar-refractivity contribution < 1.29 is 9.84 Å². The molecular formula is C13H24O2. The van der Waals surface area contributed by atoms with Crippen molar-refractivity contribution in [2.45, 2.75) is 64.1 Å². The summed E-state index contributed by atoms with van der Waals surface area (Å²) in [6, 6.07) is 0. The quantitative estimate of drug-likeness (QED) is 0.657. The Bertz CT molecular complexity index is 215. The molecule has 0 spiro atoms. The summed E-state index contributed by atoms with van der Waals surface area (Å²) in [6.07, 6.45) is 9.83. The van der Waals surface area contributed by atoms with Crippen molar-refractivity contribution in [2.75, 3.05) is 7.11 Å². The predicted molar refractivity (Wildman–Crippen MR) is 63.6 cm³/mol. The summed E-state index contributed by atoms with van der Waals surface area (Å²) in [6.45, 7) is 5.94. The second kappa shape index (κ2) is 6.15. The van der Waals surface area contributed by atoms with Gasteiger partial charge in [0.2, 0.25) is 0 Å². The molecule has 0 saturated carbocycles. The average molecular weight is 212 g/mol. The Morgan fingerprint density at radius 3 is 2.27 bits per heavy atom. The standard InChI is InChI=1S/C13H24O2/c1-6-9-13(4,15-5)11-8-10-12(3,14)7-2/h2,14H,6,8-11H2,1,3-5H3/t12-,13+/m1/s1. The van der Waals surface area contributed by atoms with Crippen LogP contribution < -0.4 is 0 Å². The topological polar surface area (TPSA) is 29.5 Å². The van der Waals surface area contributed by atoms with E-state index in [1.165, 1.54) is 0 Å². The molecule has 0 fully saturated rings. The van der Waals surface area contributed by atoms with Crippen molar-refractivity contribution in [3.63, 3.8) is 0 Å². The molecule has 2 heteroatoms. The van der Waals surface area contributed by atoms with E-state index >= 15 is 0 Å². The zero-order valence-electron chi connectivity index (χ0n) is 10.5. The Balaban J connectivity index is 3.98. The Hall–Kier alpha value is -0.520. The van der Waals surface area contributed by atoms with Crippen LogP contribution in [0.1, 0.15) is 52.9 Å². The largest absolute Gasteiger partial charge is 0.379 e. The minimum absolute atomic E-state index is 0.0700. The fourth-order valence-electron chi connectivity index (χ4n) is 1.74. The molecule has 88 valence electrons. The molecule has 0 aromatic heterocycles. The summed E-state index contributed by atoms with van der Waals surface area (Å²) in [7, 11) is 1.75. The molecule has 0 amide bonds. The zero-order chi connectivity index (χ0) is 11.9. The van der Waals surface area contributed by atoms with Gasteiger partial charge in [-0.3, -0.25) is 0 Å². The molecule has 2 atom stereocenters. The van der Waals surface area contributed by atoms with E-state index in [4.69, 9.17) is 11.2 Å². The fraction of sp³-hybridized carbons (Fsp3) is 0.846. The minimum Gasteiger partial charge on any atom is -0.379 e. The summed E-state index contributed by atoms with van der Waals surface area (Å²) in [5.41, 5.74) is -1.04. The molecule has 0 radical (unpaired) electrons. The van der Waals surface area contributed by atoms with Gasteiger partial charge in [0, 0.05) is 7.11 Å². The second-order valence-corrected chi connectivity index (χ2v) is 4.68. The van der Waals surface area contributed by atoms with E-state index in [1.807, 2.05) is 0 Å². The summed E-state index contributed by atoms with van der Waals surface area (Å²) >= 11 is 0. The van der Waals surface area contributed by atoms with Gasteiger partial charge < -0.3 is 9.84 Å². The number of terminal acetylenes is 1. The second-order valence-electron chi connectivity index (χ2n) is 4.68. The Morgan fingerprint density at radius 2 is 1.87 bits per heavy atom. The van der Waals surface area contributed by atoms with E-state index in [2.05, 4.69) is 19.8 Å². The Labute approximate surface area is 94.0 Å². The van der Waals surface area contributed by atoms with Gasteiger partial charge in [-0.25, -0.2) is 0 Å². The molecule has 0 aliphatic heterocycles. The van der Waals surface area contributed by atoms with Crippen LogP contribution in [0.3, 0.4) is 0 Å². The third-order valence-electron chi connectivity index (χ3n) is 2.95. The fourth-order valence-corrected chi connectivity index (χ4v) is 1.74. The van der Waals surface area contributed by atoms with Gasteiger partial charge in [-0.2, -0.15) is 0 Å². The smallest absolute Gasteiger partial charge is 0.122 e. The van der Waals surface area contributed by atoms with E-state index in [0.717, 1.165) is 25.7 Å². The molecule has 0 saturated heterocycles. The van der Waals surface area contributed by atoms with Gasteiger partial charge in [0.15, 0.2) is 0 Å². The van der Waals surface area contributed by atoms with Crippen molar-refractivity contribution >= 4 is 0 Å². The molecule has 15 heavy (non-hydrogen) atoms. The maximum absolute atomic E-state index is 9.65. The summed E-state index contributed by atoms with van der Waals surface area (Å²) in [5, 5.41) is 9.65. The average Bonchev–Trinajstić information content (AvgIpc) is 2.18. The van der Waals surface area contributed by atoms with Crippen LogP contribution in [0.2, 0.25) is 0 Å². The van der Waals surface area contributed by atoms with Crippen molar-refractivity contribution in [1.82, 2.24) is 0 Å². The summed E-state index contributed by atoms with van der Waals surface area (Å²) < 4.78 is 5.49. The van der Waals surface area contributed by atoms with Gasteiger partial charge in [-0.15, -0.1) is 6.42 Å². The van der Waals surface area contributed by atoms with Gasteiger partial charge in [-0.05, 0) is 39.5 Å². The highest BCUT2D eigenvalue weighted by atomic mass is 16.5. The van der Waals surface area contributed by atoms with E-state index in [-0.39, 0.29) is 5.60 Å². The lowest BCUT2D eigenvalue weighted by atomic mass is 9.90. The third kappa shape index (κ3) is 5.81. The van der Waals surface area contributed by atoms with E-state index in [9.17, 15) is 5.11 Å². The first kappa shape index (κ1) is 14.5. The van der Waals surface area contributed by atoms with Gasteiger partial charge in [0.05, 0.1) is 5.60 Å². The Morgan fingerprint density at radius 1 is 1.27 bits per heavy atom. The first-order valence-corrected chi connectivity index (χ1v) is 5.64. The van der Waals surface area contributed by atoms with Crippen LogP contribution in [-0.2, 0) is 4.74 Å². The third-order valence-corrected chi connectivity index (χ3v) is 2.95. The molecule has 0 heterocycles. The lowest BCUT2D eigenvalue weighted by Crippen LogP contribution is -2.28. The highest BCUT2D eigenvalue weighted by molar-refractivity contribution is 5.04. The number of aliphatic hydroxyl groups is 1. The van der Waals surface area contributed by atoms with Gasteiger partial charge >= 0.3 is 0 Å². The van der Waals surface area contributed by atoms with Gasteiger partial charge in [0.25, 0.3) is 0 Å². The monoisotopic (exact) mass is 212 g/mol. The van der Waals surface area contributed by atoms with Crippen LogP contribution in [0.4, 0.5) is 0 Å². The van der Waals surface area contributed by atoms with E-state index < -0.39 is 5.60 Å².